The van der Waals surface area contributed by atoms with Crippen LogP contribution in [0.5, 0.6) is 5.75 Å². The maximum atomic E-state index is 10.6. The van der Waals surface area contributed by atoms with Crippen LogP contribution in [0.4, 0.5) is 0 Å². The number of carboxylic acids is 1. The molecule has 4 nitrogen and oxygen atoms in total. The average Bonchev–Trinajstić information content (AvgIpc) is 2.18. The number of carboxylic acid groups (broad SMARTS) is 1. The third kappa shape index (κ3) is 2.80. The Labute approximate surface area is 87.9 Å². The molecule has 0 fully saturated rings. The van der Waals surface area contributed by atoms with Crippen LogP contribution in [0.3, 0.4) is 0 Å². The Morgan fingerprint density at radius 1 is 1.40 bits per heavy atom. The monoisotopic (exact) mass is 207 g/mol. The molecule has 0 bridgehead atoms. The maximum Gasteiger partial charge on any atom is 0.328 e. The summed E-state index contributed by atoms with van der Waals surface area (Å²) in [7, 11) is 0. The van der Waals surface area contributed by atoms with Crippen molar-refractivity contribution in [3.63, 3.8) is 0 Å². The van der Waals surface area contributed by atoms with Gasteiger partial charge in [-0.3, -0.25) is 4.99 Å². The minimum absolute atomic E-state index is 0.108. The summed E-state index contributed by atoms with van der Waals surface area (Å²) in [6.45, 7) is 3.17. The minimum atomic E-state index is -0.982. The lowest BCUT2D eigenvalue weighted by molar-refractivity contribution is -0.137. The van der Waals surface area contributed by atoms with E-state index >= 15 is 0 Å². The normalized spacial score (nSPS) is 13.6. The molecular formula is C11H13NO3. The molecule has 2 N–H and O–H groups in total. The molecular weight excluding hydrogens is 194 g/mol. The summed E-state index contributed by atoms with van der Waals surface area (Å²) in [5, 5.41) is 18.2. The van der Waals surface area contributed by atoms with Gasteiger partial charge in [0.15, 0.2) is 0 Å². The van der Waals surface area contributed by atoms with Gasteiger partial charge in [0.2, 0.25) is 0 Å². The molecule has 4 heteroatoms. The number of nitrogens with zero attached hydrogens (tertiary/aromatic N) is 1. The Morgan fingerprint density at radius 2 is 2.00 bits per heavy atom. The van der Waals surface area contributed by atoms with Gasteiger partial charge in [-0.25, -0.2) is 4.79 Å². The topological polar surface area (TPSA) is 69.9 Å². The fourth-order valence-corrected chi connectivity index (χ4v) is 1.19. The lowest BCUT2D eigenvalue weighted by Gasteiger charge is -2.05. The summed E-state index contributed by atoms with van der Waals surface area (Å²) in [6.07, 6.45) is 0. The van der Waals surface area contributed by atoms with Crippen molar-refractivity contribution in [1.82, 2.24) is 0 Å². The van der Waals surface area contributed by atoms with E-state index in [1.807, 2.05) is 0 Å². The zero-order valence-corrected chi connectivity index (χ0v) is 8.64. The van der Waals surface area contributed by atoms with Crippen molar-refractivity contribution in [2.24, 2.45) is 4.99 Å². The van der Waals surface area contributed by atoms with E-state index < -0.39 is 12.0 Å². The molecule has 0 heterocycles. The van der Waals surface area contributed by atoms with E-state index in [0.717, 1.165) is 0 Å². The van der Waals surface area contributed by atoms with Crippen LogP contribution in [-0.2, 0) is 4.79 Å². The summed E-state index contributed by atoms with van der Waals surface area (Å²) in [6, 6.07) is 5.90. The van der Waals surface area contributed by atoms with E-state index in [-0.39, 0.29) is 5.75 Å². The molecule has 0 aliphatic carbocycles. The molecule has 0 saturated heterocycles. The number of phenols is 1. The molecule has 0 aromatic heterocycles. The van der Waals surface area contributed by atoms with E-state index in [9.17, 15) is 9.90 Å². The minimum Gasteiger partial charge on any atom is -0.507 e. The zero-order valence-electron chi connectivity index (χ0n) is 8.64. The van der Waals surface area contributed by atoms with Gasteiger partial charge in [-0.15, -0.1) is 0 Å². The summed E-state index contributed by atoms with van der Waals surface area (Å²) in [5.74, 6) is -0.874. The molecule has 0 spiro atoms. The molecule has 0 saturated carbocycles. The third-order valence-corrected chi connectivity index (χ3v) is 2.04. The molecule has 0 unspecified atom stereocenters. The Kier molecular flexibility index (Phi) is 3.44. The van der Waals surface area contributed by atoms with Crippen molar-refractivity contribution in [3.05, 3.63) is 29.8 Å². The van der Waals surface area contributed by atoms with Crippen LogP contribution in [0.15, 0.2) is 29.3 Å². The molecule has 80 valence electrons. The van der Waals surface area contributed by atoms with Crippen molar-refractivity contribution < 1.29 is 15.0 Å². The average molecular weight is 207 g/mol. The lowest BCUT2D eigenvalue weighted by Crippen LogP contribution is -2.15. The molecule has 1 atom stereocenters. The van der Waals surface area contributed by atoms with Gasteiger partial charge >= 0.3 is 5.97 Å². The number of benzene rings is 1. The predicted octanol–water partition coefficient (Wildman–Crippen LogP) is 1.67. The van der Waals surface area contributed by atoms with Gasteiger partial charge in [0, 0.05) is 11.3 Å². The summed E-state index contributed by atoms with van der Waals surface area (Å²) >= 11 is 0. The highest BCUT2D eigenvalue weighted by Crippen LogP contribution is 2.16. The standard InChI is InChI=1S/C11H13NO3/c1-7(12-8(2)11(14)15)9-5-3-4-6-10(9)13/h3-6,8,13H,1-2H3,(H,14,15)/t8-/m1/s1. The maximum absolute atomic E-state index is 10.6. The highest BCUT2D eigenvalue weighted by Gasteiger charge is 2.10. The number of rotatable bonds is 3. The van der Waals surface area contributed by atoms with Crippen LogP contribution >= 0.6 is 0 Å². The molecule has 0 aliphatic rings. The smallest absolute Gasteiger partial charge is 0.328 e. The number of aliphatic carboxylic acids is 1. The van der Waals surface area contributed by atoms with Crippen LogP contribution in [0, 0.1) is 0 Å². The van der Waals surface area contributed by atoms with Gasteiger partial charge < -0.3 is 10.2 Å². The summed E-state index contributed by atoms with van der Waals surface area (Å²) in [5.41, 5.74) is 1.08. The number of para-hydroxylation sites is 1. The van der Waals surface area contributed by atoms with Gasteiger partial charge in [-0.1, -0.05) is 12.1 Å². The highest BCUT2D eigenvalue weighted by atomic mass is 16.4. The fourth-order valence-electron chi connectivity index (χ4n) is 1.19. The van der Waals surface area contributed by atoms with Crippen LogP contribution in [0.2, 0.25) is 0 Å². The first-order chi connectivity index (χ1) is 7.02. The summed E-state index contributed by atoms with van der Waals surface area (Å²) in [4.78, 5) is 14.5. The van der Waals surface area contributed by atoms with Crippen molar-refractivity contribution in [3.8, 4) is 5.75 Å². The molecule has 1 rings (SSSR count). The highest BCUT2D eigenvalue weighted by molar-refractivity contribution is 6.01. The zero-order chi connectivity index (χ0) is 11.4. The van der Waals surface area contributed by atoms with Gasteiger partial charge in [-0.2, -0.15) is 0 Å². The number of aliphatic imine (C=N–C) groups is 1. The Morgan fingerprint density at radius 3 is 2.53 bits per heavy atom. The first kappa shape index (κ1) is 11.2. The van der Waals surface area contributed by atoms with Crippen LogP contribution in [0.25, 0.3) is 0 Å². The Balaban J connectivity index is 2.99. The molecule has 1 aromatic carbocycles. The predicted molar refractivity (Wildman–Crippen MR) is 57.4 cm³/mol. The first-order valence-electron chi connectivity index (χ1n) is 4.58. The third-order valence-electron chi connectivity index (χ3n) is 2.04. The van der Waals surface area contributed by atoms with Crippen LogP contribution in [-0.4, -0.2) is 27.9 Å². The largest absolute Gasteiger partial charge is 0.507 e. The van der Waals surface area contributed by atoms with Crippen LogP contribution in [0.1, 0.15) is 19.4 Å². The van der Waals surface area contributed by atoms with E-state index in [4.69, 9.17) is 5.11 Å². The molecule has 0 aliphatic heterocycles. The number of hydrogen-bond donors (Lipinski definition) is 2. The van der Waals surface area contributed by atoms with E-state index in [1.54, 1.807) is 31.2 Å². The molecule has 0 radical (unpaired) electrons. The SMILES string of the molecule is CC(=N[C@H](C)C(=O)O)c1ccccc1O. The second-order valence-electron chi connectivity index (χ2n) is 3.25. The first-order valence-corrected chi connectivity index (χ1v) is 4.58. The fraction of sp³-hybridized carbons (Fsp3) is 0.273. The molecule has 15 heavy (non-hydrogen) atoms. The van der Waals surface area contributed by atoms with Gasteiger partial charge in [0.25, 0.3) is 0 Å². The van der Waals surface area contributed by atoms with Crippen molar-refractivity contribution in [2.75, 3.05) is 0 Å². The quantitative estimate of drug-likeness (QED) is 0.741. The second-order valence-corrected chi connectivity index (χ2v) is 3.25. The number of hydrogen-bond acceptors (Lipinski definition) is 3. The van der Waals surface area contributed by atoms with E-state index in [2.05, 4.69) is 4.99 Å². The van der Waals surface area contributed by atoms with Crippen molar-refractivity contribution in [2.45, 2.75) is 19.9 Å². The van der Waals surface area contributed by atoms with Crippen molar-refractivity contribution in [1.29, 1.82) is 0 Å². The Hall–Kier alpha value is -1.84. The number of carbonyl (C=O) groups is 1. The number of phenolic OH excluding ortho intramolecular Hbond substituents is 1. The van der Waals surface area contributed by atoms with E-state index in [0.29, 0.717) is 11.3 Å². The molecule has 0 amide bonds. The van der Waals surface area contributed by atoms with Gasteiger partial charge in [-0.05, 0) is 26.0 Å². The van der Waals surface area contributed by atoms with Gasteiger partial charge in [0.1, 0.15) is 11.8 Å². The molecule has 1 aromatic rings. The second kappa shape index (κ2) is 4.59. The van der Waals surface area contributed by atoms with Gasteiger partial charge in [0.05, 0.1) is 0 Å². The van der Waals surface area contributed by atoms with Crippen LogP contribution < -0.4 is 0 Å². The lowest BCUT2D eigenvalue weighted by atomic mass is 10.1. The van der Waals surface area contributed by atoms with E-state index in [1.165, 1.54) is 6.92 Å². The summed E-state index contributed by atoms with van der Waals surface area (Å²) < 4.78 is 0. The Bertz CT molecular complexity index is 399. The van der Waals surface area contributed by atoms with Crippen molar-refractivity contribution >= 4 is 11.7 Å². The number of aromatic hydroxyl groups is 1.